The molecular weight excluding hydrogens is 258 g/mol. The summed E-state index contributed by atoms with van der Waals surface area (Å²) in [5.41, 5.74) is 1.35. The SMILES string of the molecule is CC(C)C1CCCCC1NC1c2ccccc2OCC1C. The van der Waals surface area contributed by atoms with Crippen LogP contribution in [-0.2, 0) is 0 Å². The Labute approximate surface area is 129 Å². The van der Waals surface area contributed by atoms with E-state index in [0.29, 0.717) is 18.0 Å². The van der Waals surface area contributed by atoms with E-state index >= 15 is 0 Å². The number of fused-ring (bicyclic) bond motifs is 1. The Morgan fingerprint density at radius 2 is 1.90 bits per heavy atom. The Morgan fingerprint density at radius 3 is 2.71 bits per heavy atom. The highest BCUT2D eigenvalue weighted by atomic mass is 16.5. The largest absolute Gasteiger partial charge is 0.493 e. The molecule has 0 bridgehead atoms. The maximum Gasteiger partial charge on any atom is 0.124 e. The van der Waals surface area contributed by atoms with Gasteiger partial charge in [-0.1, -0.05) is 51.8 Å². The molecular formula is C19H29NO. The summed E-state index contributed by atoms with van der Waals surface area (Å²) in [5, 5.41) is 4.02. The molecule has 4 atom stereocenters. The molecule has 2 nitrogen and oxygen atoms in total. The van der Waals surface area contributed by atoms with Crippen molar-refractivity contribution < 1.29 is 4.74 Å². The summed E-state index contributed by atoms with van der Waals surface area (Å²) in [6, 6.07) is 9.66. The first-order valence-corrected chi connectivity index (χ1v) is 8.64. The molecule has 1 heterocycles. The zero-order chi connectivity index (χ0) is 14.8. The molecule has 0 spiro atoms. The van der Waals surface area contributed by atoms with Gasteiger partial charge in [0.15, 0.2) is 0 Å². The van der Waals surface area contributed by atoms with E-state index in [9.17, 15) is 0 Å². The first-order valence-electron chi connectivity index (χ1n) is 8.64. The van der Waals surface area contributed by atoms with Crippen molar-refractivity contribution in [2.24, 2.45) is 17.8 Å². The van der Waals surface area contributed by atoms with Crippen molar-refractivity contribution >= 4 is 0 Å². The average molecular weight is 287 g/mol. The van der Waals surface area contributed by atoms with Gasteiger partial charge in [-0.05, 0) is 30.7 Å². The topological polar surface area (TPSA) is 21.3 Å². The summed E-state index contributed by atoms with van der Waals surface area (Å²) in [6.45, 7) is 7.90. The number of hydrogen-bond acceptors (Lipinski definition) is 2. The van der Waals surface area contributed by atoms with Gasteiger partial charge in [0.1, 0.15) is 5.75 Å². The van der Waals surface area contributed by atoms with Gasteiger partial charge in [0.25, 0.3) is 0 Å². The molecule has 1 aliphatic heterocycles. The minimum atomic E-state index is 0.444. The Hall–Kier alpha value is -1.02. The Morgan fingerprint density at radius 1 is 1.14 bits per heavy atom. The zero-order valence-electron chi connectivity index (χ0n) is 13.6. The van der Waals surface area contributed by atoms with E-state index in [1.165, 1.54) is 31.2 Å². The monoisotopic (exact) mass is 287 g/mol. The van der Waals surface area contributed by atoms with Crippen molar-refractivity contribution in [3.8, 4) is 5.75 Å². The second-order valence-corrected chi connectivity index (χ2v) is 7.27. The standard InChI is InChI=1S/C19H29NO/c1-13(2)15-8-4-6-10-17(15)20-19-14(3)12-21-18-11-7-5-9-16(18)19/h5,7,9,11,13-15,17,19-20H,4,6,8,10,12H2,1-3H3. The van der Waals surface area contributed by atoms with E-state index in [0.717, 1.165) is 24.2 Å². The number of hydrogen-bond donors (Lipinski definition) is 1. The summed E-state index contributed by atoms with van der Waals surface area (Å²) in [4.78, 5) is 0. The second-order valence-electron chi connectivity index (χ2n) is 7.27. The summed E-state index contributed by atoms with van der Waals surface area (Å²) >= 11 is 0. The Balaban J connectivity index is 1.79. The van der Waals surface area contributed by atoms with Crippen LogP contribution in [0.15, 0.2) is 24.3 Å². The molecule has 0 radical (unpaired) electrons. The molecule has 2 heteroatoms. The molecule has 1 aliphatic carbocycles. The number of rotatable bonds is 3. The van der Waals surface area contributed by atoms with Crippen LogP contribution in [0, 0.1) is 17.8 Å². The number of ether oxygens (including phenoxy) is 1. The fourth-order valence-electron chi connectivity index (χ4n) is 4.14. The summed E-state index contributed by atoms with van der Waals surface area (Å²) in [7, 11) is 0. The van der Waals surface area contributed by atoms with Gasteiger partial charge in [0, 0.05) is 23.6 Å². The molecule has 1 saturated carbocycles. The molecule has 1 fully saturated rings. The minimum Gasteiger partial charge on any atom is -0.493 e. The lowest BCUT2D eigenvalue weighted by Crippen LogP contribution is -2.46. The number of nitrogens with one attached hydrogen (secondary N) is 1. The Kier molecular flexibility index (Phi) is 4.54. The van der Waals surface area contributed by atoms with Gasteiger partial charge in [-0.25, -0.2) is 0 Å². The van der Waals surface area contributed by atoms with Crippen LogP contribution in [0.3, 0.4) is 0 Å². The lowest BCUT2D eigenvalue weighted by molar-refractivity contribution is 0.140. The summed E-state index contributed by atoms with van der Waals surface area (Å²) < 4.78 is 5.89. The van der Waals surface area contributed by atoms with Crippen molar-refractivity contribution in [2.45, 2.75) is 58.5 Å². The van der Waals surface area contributed by atoms with E-state index in [1.54, 1.807) is 0 Å². The van der Waals surface area contributed by atoms with Gasteiger partial charge < -0.3 is 10.1 Å². The first kappa shape index (κ1) is 14.9. The van der Waals surface area contributed by atoms with Crippen LogP contribution in [0.2, 0.25) is 0 Å². The molecule has 1 aromatic rings. The molecule has 1 N–H and O–H groups in total. The second kappa shape index (κ2) is 6.39. The third kappa shape index (κ3) is 3.11. The van der Waals surface area contributed by atoms with E-state index in [1.807, 2.05) is 0 Å². The zero-order valence-corrected chi connectivity index (χ0v) is 13.6. The molecule has 0 amide bonds. The van der Waals surface area contributed by atoms with Gasteiger partial charge in [0.2, 0.25) is 0 Å². The number of benzene rings is 1. The van der Waals surface area contributed by atoms with Gasteiger partial charge in [-0.15, -0.1) is 0 Å². The smallest absolute Gasteiger partial charge is 0.124 e. The van der Waals surface area contributed by atoms with Crippen LogP contribution < -0.4 is 10.1 Å². The van der Waals surface area contributed by atoms with Crippen LogP contribution in [-0.4, -0.2) is 12.6 Å². The molecule has 3 rings (SSSR count). The summed E-state index contributed by atoms with van der Waals surface area (Å²) in [6.07, 6.45) is 5.49. The lowest BCUT2D eigenvalue weighted by Gasteiger charge is -2.41. The normalized spacial score (nSPS) is 32.6. The van der Waals surface area contributed by atoms with Crippen LogP contribution >= 0.6 is 0 Å². The minimum absolute atomic E-state index is 0.444. The van der Waals surface area contributed by atoms with E-state index in [-0.39, 0.29) is 0 Å². The van der Waals surface area contributed by atoms with Crippen LogP contribution in [0.5, 0.6) is 5.75 Å². The lowest BCUT2D eigenvalue weighted by atomic mass is 9.77. The van der Waals surface area contributed by atoms with Crippen molar-refractivity contribution in [1.29, 1.82) is 0 Å². The first-order chi connectivity index (χ1) is 10.2. The predicted octanol–water partition coefficient (Wildman–Crippen LogP) is 4.56. The molecule has 0 saturated heterocycles. The summed E-state index contributed by atoms with van der Waals surface area (Å²) in [5.74, 6) is 3.20. The van der Waals surface area contributed by atoms with Crippen molar-refractivity contribution in [3.05, 3.63) is 29.8 Å². The maximum absolute atomic E-state index is 5.89. The van der Waals surface area contributed by atoms with E-state index in [2.05, 4.69) is 50.4 Å². The molecule has 116 valence electrons. The highest BCUT2D eigenvalue weighted by Gasteiger charge is 2.34. The van der Waals surface area contributed by atoms with Crippen LogP contribution in [0.4, 0.5) is 0 Å². The Bertz CT molecular complexity index is 470. The molecule has 1 aromatic carbocycles. The highest BCUT2D eigenvalue weighted by molar-refractivity contribution is 5.38. The molecule has 0 aromatic heterocycles. The maximum atomic E-state index is 5.89. The van der Waals surface area contributed by atoms with Gasteiger partial charge in [0.05, 0.1) is 6.61 Å². The van der Waals surface area contributed by atoms with Gasteiger partial charge >= 0.3 is 0 Å². The van der Waals surface area contributed by atoms with Crippen molar-refractivity contribution in [2.75, 3.05) is 6.61 Å². The number of para-hydroxylation sites is 1. The van der Waals surface area contributed by atoms with Gasteiger partial charge in [-0.2, -0.15) is 0 Å². The quantitative estimate of drug-likeness (QED) is 0.880. The van der Waals surface area contributed by atoms with E-state index in [4.69, 9.17) is 4.74 Å². The van der Waals surface area contributed by atoms with Crippen LogP contribution in [0.1, 0.15) is 58.1 Å². The molecule has 21 heavy (non-hydrogen) atoms. The molecule has 4 unspecified atom stereocenters. The van der Waals surface area contributed by atoms with Gasteiger partial charge in [-0.3, -0.25) is 0 Å². The third-order valence-corrected chi connectivity index (χ3v) is 5.39. The fourth-order valence-corrected chi connectivity index (χ4v) is 4.14. The highest BCUT2D eigenvalue weighted by Crippen LogP contribution is 2.38. The molecule has 2 aliphatic rings. The van der Waals surface area contributed by atoms with Crippen molar-refractivity contribution in [1.82, 2.24) is 5.32 Å². The average Bonchev–Trinajstić information content (AvgIpc) is 2.50. The fraction of sp³-hybridized carbons (Fsp3) is 0.684. The van der Waals surface area contributed by atoms with E-state index < -0.39 is 0 Å². The predicted molar refractivity (Wildman–Crippen MR) is 87.6 cm³/mol. The van der Waals surface area contributed by atoms with Crippen molar-refractivity contribution in [3.63, 3.8) is 0 Å². The van der Waals surface area contributed by atoms with Crippen LogP contribution in [0.25, 0.3) is 0 Å². The third-order valence-electron chi connectivity index (χ3n) is 5.39.